The van der Waals surface area contributed by atoms with Crippen molar-refractivity contribution in [2.45, 2.75) is 12.8 Å². The van der Waals surface area contributed by atoms with Gasteiger partial charge in [0.05, 0.1) is 19.8 Å². The number of amidine groups is 3. The fourth-order valence-corrected chi connectivity index (χ4v) is 4.07. The molecule has 0 aromatic heterocycles. The lowest BCUT2D eigenvalue weighted by atomic mass is 10.1. The highest BCUT2D eigenvalue weighted by atomic mass is 32.2. The largest absolute Gasteiger partial charge is 0.493 e. The normalized spacial score (nSPS) is 20.7. The number of hydrogen-bond donors (Lipinski definition) is 1. The first kappa shape index (κ1) is 17.6. The molecule has 0 radical (unpaired) electrons. The summed E-state index contributed by atoms with van der Waals surface area (Å²) in [5.74, 6) is 0.741. The van der Waals surface area contributed by atoms with Gasteiger partial charge in [-0.25, -0.2) is 0 Å². The van der Waals surface area contributed by atoms with Crippen LogP contribution < -0.4 is 9.47 Å². The summed E-state index contributed by atoms with van der Waals surface area (Å²) in [6.07, 6.45) is 3.89. The van der Waals surface area contributed by atoms with Crippen LogP contribution in [0.15, 0.2) is 33.9 Å². The number of carbonyl (C=O) groups is 1. The summed E-state index contributed by atoms with van der Waals surface area (Å²) in [6, 6.07) is 5.31. The minimum Gasteiger partial charge on any atom is -0.493 e. The molecule has 1 saturated heterocycles. The third-order valence-electron chi connectivity index (χ3n) is 4.54. The van der Waals surface area contributed by atoms with E-state index in [1.165, 1.54) is 16.8 Å². The standard InChI is InChI=1S/C18H19N5O3S/c1-25-13-6-5-11(10-14(13)26-2)9-12-15(19)23-17(20-16(12)24)27-18(21-23)22-7-3-4-8-22/h5-6,9-10,19H,3-4,7-8H2,1-2H3/b12-9+,19-15?. The van der Waals surface area contributed by atoms with Gasteiger partial charge in [0, 0.05) is 13.1 Å². The second-order valence-electron chi connectivity index (χ2n) is 6.21. The van der Waals surface area contributed by atoms with Gasteiger partial charge in [-0.3, -0.25) is 10.2 Å². The number of methoxy groups -OCH3 is 2. The van der Waals surface area contributed by atoms with Gasteiger partial charge in [0.1, 0.15) is 0 Å². The van der Waals surface area contributed by atoms with E-state index in [1.54, 1.807) is 38.5 Å². The highest BCUT2D eigenvalue weighted by Gasteiger charge is 2.37. The van der Waals surface area contributed by atoms with Crippen molar-refractivity contribution in [2.24, 2.45) is 10.1 Å². The number of thioether (sulfide) groups is 1. The summed E-state index contributed by atoms with van der Waals surface area (Å²) < 4.78 is 10.5. The third-order valence-corrected chi connectivity index (χ3v) is 5.51. The Hall–Kier alpha value is -2.81. The van der Waals surface area contributed by atoms with Crippen molar-refractivity contribution in [3.63, 3.8) is 0 Å². The molecule has 0 unspecified atom stereocenters. The smallest absolute Gasteiger partial charge is 0.283 e. The highest BCUT2D eigenvalue weighted by molar-refractivity contribution is 8.26. The minimum atomic E-state index is -0.439. The Morgan fingerprint density at radius 2 is 1.89 bits per heavy atom. The summed E-state index contributed by atoms with van der Waals surface area (Å²) in [4.78, 5) is 18.8. The average Bonchev–Trinajstić information content (AvgIpc) is 3.34. The summed E-state index contributed by atoms with van der Waals surface area (Å²) in [7, 11) is 3.11. The quantitative estimate of drug-likeness (QED) is 0.804. The maximum Gasteiger partial charge on any atom is 0.283 e. The molecule has 1 N–H and O–H groups in total. The molecule has 3 aliphatic rings. The number of likely N-dealkylation sites (tertiary alicyclic amines) is 1. The number of nitrogens with one attached hydrogen (secondary N) is 1. The lowest BCUT2D eigenvalue weighted by molar-refractivity contribution is -0.114. The zero-order valence-corrected chi connectivity index (χ0v) is 15.9. The summed E-state index contributed by atoms with van der Waals surface area (Å²) >= 11 is 1.35. The Morgan fingerprint density at radius 1 is 1.15 bits per heavy atom. The molecular weight excluding hydrogens is 366 g/mol. The van der Waals surface area contributed by atoms with Crippen LogP contribution in [-0.4, -0.2) is 59.3 Å². The Balaban J connectivity index is 1.64. The van der Waals surface area contributed by atoms with Crippen molar-refractivity contribution in [3.05, 3.63) is 29.3 Å². The van der Waals surface area contributed by atoms with Crippen molar-refractivity contribution in [1.82, 2.24) is 9.91 Å². The number of hydrazone groups is 1. The number of fused-ring (bicyclic) bond motifs is 1. The molecule has 8 nitrogen and oxygen atoms in total. The predicted molar refractivity (Wildman–Crippen MR) is 105 cm³/mol. The molecule has 0 saturated carbocycles. The average molecular weight is 385 g/mol. The number of hydrogen-bond acceptors (Lipinski definition) is 7. The Bertz CT molecular complexity index is 902. The van der Waals surface area contributed by atoms with Gasteiger partial charge in [0.25, 0.3) is 5.91 Å². The van der Waals surface area contributed by atoms with Crippen molar-refractivity contribution in [3.8, 4) is 11.5 Å². The second kappa shape index (κ2) is 7.07. The SMILES string of the molecule is COc1ccc(/C=C2\C(=N)N3N=C(N4CCCC4)SC3=NC2=O)cc1OC. The van der Waals surface area contributed by atoms with E-state index in [4.69, 9.17) is 14.9 Å². The van der Waals surface area contributed by atoms with Crippen molar-refractivity contribution in [2.75, 3.05) is 27.3 Å². The topological polar surface area (TPSA) is 90.6 Å². The van der Waals surface area contributed by atoms with Gasteiger partial charge in [0.2, 0.25) is 5.17 Å². The van der Waals surface area contributed by atoms with Crippen molar-refractivity contribution in [1.29, 1.82) is 5.41 Å². The maximum absolute atomic E-state index is 12.5. The first-order valence-electron chi connectivity index (χ1n) is 8.58. The summed E-state index contributed by atoms with van der Waals surface area (Å²) in [5.41, 5.74) is 0.910. The van der Waals surface area contributed by atoms with Gasteiger partial charge in [-0.1, -0.05) is 6.07 Å². The van der Waals surface area contributed by atoms with Crippen LogP contribution in [0.1, 0.15) is 18.4 Å². The molecule has 140 valence electrons. The van der Waals surface area contributed by atoms with Gasteiger partial charge in [-0.15, -0.1) is 5.10 Å². The minimum absolute atomic E-state index is 0.0291. The van der Waals surface area contributed by atoms with Crippen LogP contribution in [0.4, 0.5) is 0 Å². The summed E-state index contributed by atoms with van der Waals surface area (Å²) in [6.45, 7) is 1.89. The molecule has 1 fully saturated rings. The van der Waals surface area contributed by atoms with E-state index in [1.807, 2.05) is 0 Å². The van der Waals surface area contributed by atoms with Crippen LogP contribution in [0.25, 0.3) is 6.08 Å². The first-order valence-corrected chi connectivity index (χ1v) is 9.39. The van der Waals surface area contributed by atoms with Gasteiger partial charge in [-0.2, -0.15) is 10.0 Å². The number of nitrogens with zero attached hydrogens (tertiary/aromatic N) is 4. The molecular formula is C18H19N5O3S. The lowest BCUT2D eigenvalue weighted by Gasteiger charge is -2.20. The number of aliphatic imine (C=N–C) groups is 1. The molecule has 0 atom stereocenters. The van der Waals surface area contributed by atoms with Gasteiger partial charge >= 0.3 is 0 Å². The molecule has 0 aliphatic carbocycles. The molecule has 4 rings (SSSR count). The van der Waals surface area contributed by atoms with Gasteiger partial charge in [0.15, 0.2) is 22.5 Å². The molecule has 0 spiro atoms. The highest BCUT2D eigenvalue weighted by Crippen LogP contribution is 2.32. The number of carbonyl (C=O) groups excluding carboxylic acids is 1. The van der Waals surface area contributed by atoms with Crippen LogP contribution >= 0.6 is 11.8 Å². The van der Waals surface area contributed by atoms with E-state index in [0.717, 1.165) is 36.7 Å². The van der Waals surface area contributed by atoms with Crippen LogP contribution in [0.2, 0.25) is 0 Å². The van der Waals surface area contributed by atoms with E-state index < -0.39 is 5.91 Å². The van der Waals surface area contributed by atoms with Crippen LogP contribution in [-0.2, 0) is 4.79 Å². The fraction of sp³-hybridized carbons (Fsp3) is 0.333. The number of benzene rings is 1. The van der Waals surface area contributed by atoms with E-state index in [2.05, 4.69) is 15.0 Å². The third kappa shape index (κ3) is 3.18. The fourth-order valence-electron chi connectivity index (χ4n) is 3.13. The lowest BCUT2D eigenvalue weighted by Crippen LogP contribution is -2.35. The molecule has 9 heteroatoms. The Labute approximate surface area is 161 Å². The number of ether oxygens (including phenoxy) is 2. The molecule has 3 heterocycles. The Kier molecular flexibility index (Phi) is 4.61. The second-order valence-corrected chi connectivity index (χ2v) is 7.15. The van der Waals surface area contributed by atoms with Gasteiger partial charge < -0.3 is 14.4 Å². The Morgan fingerprint density at radius 3 is 2.59 bits per heavy atom. The molecule has 1 amide bonds. The van der Waals surface area contributed by atoms with Crippen molar-refractivity contribution < 1.29 is 14.3 Å². The zero-order chi connectivity index (χ0) is 19.0. The van der Waals surface area contributed by atoms with Gasteiger partial charge in [-0.05, 0) is 48.4 Å². The molecule has 1 aromatic rings. The molecule has 3 aliphatic heterocycles. The number of amides is 1. The van der Waals surface area contributed by atoms with E-state index in [-0.39, 0.29) is 11.4 Å². The van der Waals surface area contributed by atoms with Crippen LogP contribution in [0, 0.1) is 5.41 Å². The monoisotopic (exact) mass is 385 g/mol. The van der Waals surface area contributed by atoms with E-state index >= 15 is 0 Å². The van der Waals surface area contributed by atoms with Crippen molar-refractivity contribution >= 4 is 39.9 Å². The van der Waals surface area contributed by atoms with E-state index in [9.17, 15) is 4.79 Å². The molecule has 27 heavy (non-hydrogen) atoms. The number of rotatable bonds is 3. The summed E-state index contributed by atoms with van der Waals surface area (Å²) in [5, 5.41) is 15.6. The zero-order valence-electron chi connectivity index (χ0n) is 15.1. The first-order chi connectivity index (χ1) is 13.1. The van der Waals surface area contributed by atoms with Crippen LogP contribution in [0.5, 0.6) is 11.5 Å². The maximum atomic E-state index is 12.5. The molecule has 0 bridgehead atoms. The molecule has 1 aromatic carbocycles. The van der Waals surface area contributed by atoms with Crippen LogP contribution in [0.3, 0.4) is 0 Å². The van der Waals surface area contributed by atoms with E-state index in [0.29, 0.717) is 16.7 Å². The predicted octanol–water partition coefficient (Wildman–Crippen LogP) is 2.38.